The zero-order valence-electron chi connectivity index (χ0n) is 16.5. The van der Waals surface area contributed by atoms with Gasteiger partial charge >= 0.3 is 5.97 Å². The summed E-state index contributed by atoms with van der Waals surface area (Å²) < 4.78 is 16.5. The number of nitrogens with one attached hydrogen (secondary N) is 1. The number of aliphatic carboxylic acids is 1. The van der Waals surface area contributed by atoms with E-state index in [2.05, 4.69) is 15.1 Å². The van der Waals surface area contributed by atoms with Crippen molar-refractivity contribution in [3.8, 4) is 11.4 Å². The fourth-order valence-corrected chi connectivity index (χ4v) is 3.59. The molecule has 2 aromatic carbocycles. The minimum atomic E-state index is -0.910. The van der Waals surface area contributed by atoms with E-state index in [-0.39, 0.29) is 18.8 Å². The Balaban J connectivity index is 1.64. The minimum absolute atomic E-state index is 0.0927. The van der Waals surface area contributed by atoms with Crippen LogP contribution < -0.4 is 0 Å². The van der Waals surface area contributed by atoms with Crippen LogP contribution in [-0.4, -0.2) is 30.8 Å². The summed E-state index contributed by atoms with van der Waals surface area (Å²) >= 11 is 0. The summed E-state index contributed by atoms with van der Waals surface area (Å²) in [5, 5.41) is 13.4. The molecule has 148 valence electrons. The molecule has 7 heteroatoms. The van der Waals surface area contributed by atoms with Gasteiger partial charge in [0.15, 0.2) is 0 Å². The maximum Gasteiger partial charge on any atom is 0.307 e. The van der Waals surface area contributed by atoms with Gasteiger partial charge in [-0.15, -0.1) is 0 Å². The normalized spacial score (nSPS) is 11.3. The van der Waals surface area contributed by atoms with E-state index < -0.39 is 5.97 Å². The van der Waals surface area contributed by atoms with Gasteiger partial charge in [0.1, 0.15) is 11.6 Å². The summed E-state index contributed by atoms with van der Waals surface area (Å²) in [6.07, 6.45) is -0.0927. The number of halogens is 1. The van der Waals surface area contributed by atoms with E-state index in [1.165, 1.54) is 6.07 Å². The molecule has 0 radical (unpaired) electrons. The van der Waals surface area contributed by atoms with Gasteiger partial charge < -0.3 is 10.1 Å². The van der Waals surface area contributed by atoms with Crippen LogP contribution in [0.2, 0.25) is 0 Å². The molecule has 0 unspecified atom stereocenters. The van der Waals surface area contributed by atoms with Crippen molar-refractivity contribution in [2.45, 2.75) is 33.7 Å². The third-order valence-electron chi connectivity index (χ3n) is 5.22. The topological polar surface area (TPSA) is 83.8 Å². The van der Waals surface area contributed by atoms with Crippen molar-refractivity contribution >= 4 is 17.0 Å². The lowest BCUT2D eigenvalue weighted by Crippen LogP contribution is -2.07. The van der Waals surface area contributed by atoms with Crippen LogP contribution in [0, 0.1) is 26.6 Å². The number of aromatic amines is 1. The Morgan fingerprint density at radius 3 is 2.69 bits per heavy atom. The van der Waals surface area contributed by atoms with Crippen LogP contribution >= 0.6 is 0 Å². The highest BCUT2D eigenvalue weighted by Crippen LogP contribution is 2.25. The molecule has 0 amide bonds. The second kappa shape index (κ2) is 7.16. The van der Waals surface area contributed by atoms with E-state index in [1.54, 1.807) is 24.6 Å². The zero-order valence-corrected chi connectivity index (χ0v) is 16.5. The first-order chi connectivity index (χ1) is 13.8. The van der Waals surface area contributed by atoms with Gasteiger partial charge in [-0.05, 0) is 38.5 Å². The number of hydrogen-bond donors (Lipinski definition) is 2. The van der Waals surface area contributed by atoms with E-state index in [1.807, 2.05) is 31.2 Å². The molecule has 2 heterocycles. The number of aromatic nitrogens is 4. The molecule has 6 nitrogen and oxygen atoms in total. The van der Waals surface area contributed by atoms with Crippen LogP contribution in [0.3, 0.4) is 0 Å². The number of hydrogen-bond acceptors (Lipinski definition) is 3. The Kier molecular flexibility index (Phi) is 4.66. The smallest absolute Gasteiger partial charge is 0.307 e. The number of carboxylic acids is 1. The average Bonchev–Trinajstić information content (AvgIpc) is 3.21. The molecule has 2 N–H and O–H groups in total. The molecule has 2 aromatic heterocycles. The molecule has 29 heavy (non-hydrogen) atoms. The molecule has 0 bridgehead atoms. The molecule has 4 aromatic rings. The van der Waals surface area contributed by atoms with Gasteiger partial charge in [0, 0.05) is 22.4 Å². The quantitative estimate of drug-likeness (QED) is 0.534. The van der Waals surface area contributed by atoms with E-state index in [0.29, 0.717) is 28.2 Å². The van der Waals surface area contributed by atoms with Crippen molar-refractivity contribution in [2.24, 2.45) is 0 Å². The summed E-state index contributed by atoms with van der Waals surface area (Å²) in [7, 11) is 0. The number of carbonyl (C=O) groups is 1. The van der Waals surface area contributed by atoms with Crippen LogP contribution in [0.4, 0.5) is 4.39 Å². The van der Waals surface area contributed by atoms with Gasteiger partial charge in [-0.1, -0.05) is 24.3 Å². The van der Waals surface area contributed by atoms with Crippen molar-refractivity contribution in [3.05, 3.63) is 70.3 Å². The van der Waals surface area contributed by atoms with E-state index in [4.69, 9.17) is 5.11 Å². The molecule has 0 fully saturated rings. The first kappa shape index (κ1) is 18.9. The predicted octanol–water partition coefficient (Wildman–Crippen LogP) is 4.17. The maximum atomic E-state index is 14.8. The zero-order chi connectivity index (χ0) is 20.7. The van der Waals surface area contributed by atoms with Crippen molar-refractivity contribution in [1.82, 2.24) is 19.7 Å². The Hall–Kier alpha value is -3.48. The Morgan fingerprint density at radius 1 is 1.21 bits per heavy atom. The fraction of sp³-hybridized carbons (Fsp3) is 0.227. The van der Waals surface area contributed by atoms with Gasteiger partial charge in [0.05, 0.1) is 29.7 Å². The van der Waals surface area contributed by atoms with Crippen LogP contribution in [-0.2, 0) is 17.8 Å². The van der Waals surface area contributed by atoms with Crippen LogP contribution in [0.25, 0.3) is 22.4 Å². The number of carboxylic acid groups (broad SMARTS) is 1. The van der Waals surface area contributed by atoms with E-state index in [9.17, 15) is 9.18 Å². The monoisotopic (exact) mass is 392 g/mol. The lowest BCUT2D eigenvalue weighted by molar-refractivity contribution is -0.136. The predicted molar refractivity (Wildman–Crippen MR) is 108 cm³/mol. The number of aryl methyl sites for hydroxylation is 2. The van der Waals surface area contributed by atoms with Crippen LogP contribution in [0.15, 0.2) is 36.4 Å². The average molecular weight is 392 g/mol. The van der Waals surface area contributed by atoms with Crippen molar-refractivity contribution in [2.75, 3.05) is 0 Å². The minimum Gasteiger partial charge on any atom is -0.481 e. The first-order valence-corrected chi connectivity index (χ1v) is 9.32. The van der Waals surface area contributed by atoms with Gasteiger partial charge in [0.25, 0.3) is 0 Å². The van der Waals surface area contributed by atoms with Gasteiger partial charge in [-0.2, -0.15) is 5.10 Å². The third kappa shape index (κ3) is 3.51. The van der Waals surface area contributed by atoms with Crippen LogP contribution in [0.1, 0.15) is 28.1 Å². The van der Waals surface area contributed by atoms with Gasteiger partial charge in [-0.3, -0.25) is 9.48 Å². The summed E-state index contributed by atoms with van der Waals surface area (Å²) in [5.74, 6) is -0.644. The van der Waals surface area contributed by atoms with E-state index >= 15 is 0 Å². The fourth-order valence-electron chi connectivity index (χ4n) is 3.59. The second-order valence-corrected chi connectivity index (χ2v) is 7.24. The number of imidazole rings is 1. The number of nitrogens with zero attached hydrogens (tertiary/aromatic N) is 3. The molecule has 0 aliphatic rings. The Bertz CT molecular complexity index is 1240. The third-order valence-corrected chi connectivity index (χ3v) is 5.22. The standard InChI is InChI=1S/C22H21FN4O2/c1-12-5-4-6-19-21(12)25-22(24-19)15-7-8-16(18(23)9-15)11-27-14(3)17(10-20(28)29)13(2)26-27/h4-9H,10-11H2,1-3H3,(H,24,25)(H,28,29). The van der Waals surface area contributed by atoms with Crippen molar-refractivity contribution in [3.63, 3.8) is 0 Å². The number of benzene rings is 2. The van der Waals surface area contributed by atoms with Gasteiger partial charge in [-0.25, -0.2) is 9.37 Å². The van der Waals surface area contributed by atoms with Gasteiger partial charge in [0.2, 0.25) is 0 Å². The summed E-state index contributed by atoms with van der Waals surface area (Å²) in [4.78, 5) is 18.9. The molecule has 0 atom stereocenters. The molecule has 0 saturated carbocycles. The number of fused-ring (bicyclic) bond motifs is 1. The lowest BCUT2D eigenvalue weighted by atomic mass is 10.1. The number of para-hydroxylation sites is 1. The summed E-state index contributed by atoms with van der Waals surface area (Å²) in [6, 6.07) is 10.9. The Labute approximate surface area is 167 Å². The van der Waals surface area contributed by atoms with Crippen molar-refractivity contribution < 1.29 is 14.3 Å². The van der Waals surface area contributed by atoms with Crippen molar-refractivity contribution in [1.29, 1.82) is 0 Å². The summed E-state index contributed by atoms with van der Waals surface area (Å²) in [5.41, 5.74) is 6.06. The molecule has 0 aliphatic heterocycles. The highest BCUT2D eigenvalue weighted by Gasteiger charge is 2.16. The SMILES string of the molecule is Cc1nn(Cc2ccc(-c3nc4c(C)cccc4[nH]3)cc2F)c(C)c1CC(=O)O. The molecular weight excluding hydrogens is 371 g/mol. The molecule has 4 rings (SSSR count). The van der Waals surface area contributed by atoms with Crippen LogP contribution in [0.5, 0.6) is 0 Å². The molecule has 0 spiro atoms. The molecule has 0 saturated heterocycles. The lowest BCUT2D eigenvalue weighted by Gasteiger charge is -2.08. The highest BCUT2D eigenvalue weighted by molar-refractivity contribution is 5.82. The maximum absolute atomic E-state index is 14.8. The summed E-state index contributed by atoms with van der Waals surface area (Å²) in [6.45, 7) is 5.80. The largest absolute Gasteiger partial charge is 0.481 e. The first-order valence-electron chi connectivity index (χ1n) is 9.32. The Morgan fingerprint density at radius 2 is 2.00 bits per heavy atom. The number of H-pyrrole nitrogens is 1. The molecule has 0 aliphatic carbocycles. The highest BCUT2D eigenvalue weighted by atomic mass is 19.1. The second-order valence-electron chi connectivity index (χ2n) is 7.24. The van der Waals surface area contributed by atoms with E-state index in [0.717, 1.165) is 22.3 Å². The number of rotatable bonds is 5. The molecular formula is C22H21FN4O2.